The molecule has 1 aliphatic carbocycles. The predicted molar refractivity (Wildman–Crippen MR) is 59.9 cm³/mol. The summed E-state index contributed by atoms with van der Waals surface area (Å²) in [5.74, 6) is -0.404. The number of allylic oxidation sites excluding steroid dienone is 2. The highest BCUT2D eigenvalue weighted by molar-refractivity contribution is 6.23. The number of ketones is 2. The number of fused-ring (bicyclic) bond motifs is 1. The lowest BCUT2D eigenvalue weighted by molar-refractivity contribution is 0.0914. The molecule has 1 aromatic rings. The normalized spacial score (nSPS) is 14.6. The van der Waals surface area contributed by atoms with Crippen molar-refractivity contribution in [1.82, 2.24) is 4.57 Å². The number of hydrogen-bond donors (Lipinski definition) is 0. The first-order valence-corrected chi connectivity index (χ1v) is 5.12. The van der Waals surface area contributed by atoms with Crippen LogP contribution in [0.15, 0.2) is 17.9 Å². The fourth-order valence-corrected chi connectivity index (χ4v) is 1.95. The summed E-state index contributed by atoms with van der Waals surface area (Å²) in [6.07, 6.45) is 1.22. The molecular weight excluding hydrogens is 222 g/mol. The number of hydrogen-bond acceptors (Lipinski definition) is 4. The second kappa shape index (κ2) is 4.18. The topological polar surface area (TPSA) is 57.5 Å². The summed E-state index contributed by atoms with van der Waals surface area (Å²) in [5, 5.41) is 0. The number of aromatic nitrogens is 1. The molecule has 0 aliphatic heterocycles. The number of methoxy groups -OCH3 is 2. The van der Waals surface area contributed by atoms with E-state index in [0.29, 0.717) is 17.9 Å². The maximum absolute atomic E-state index is 12.0. The third-order valence-electron chi connectivity index (χ3n) is 2.81. The number of carbonyl (C=O) groups is 2. The summed E-state index contributed by atoms with van der Waals surface area (Å²) in [6, 6.07) is 1.67. The van der Waals surface area contributed by atoms with Gasteiger partial charge in [0, 0.05) is 25.9 Å². The average Bonchev–Trinajstić information content (AvgIpc) is 2.63. The van der Waals surface area contributed by atoms with Crippen molar-refractivity contribution in [2.24, 2.45) is 7.05 Å². The zero-order chi connectivity index (χ0) is 12.6. The fraction of sp³-hybridized carbons (Fsp3) is 0.333. The molecule has 0 amide bonds. The van der Waals surface area contributed by atoms with Crippen molar-refractivity contribution >= 4 is 11.6 Å². The highest BCUT2D eigenvalue weighted by atomic mass is 16.5. The largest absolute Gasteiger partial charge is 0.492 e. The molecule has 0 aromatic carbocycles. The van der Waals surface area contributed by atoms with Crippen LogP contribution in [0.25, 0.3) is 0 Å². The van der Waals surface area contributed by atoms with Gasteiger partial charge < -0.3 is 14.0 Å². The van der Waals surface area contributed by atoms with Crippen LogP contribution in [-0.4, -0.2) is 30.4 Å². The fourth-order valence-electron chi connectivity index (χ4n) is 1.95. The molecule has 0 bridgehead atoms. The average molecular weight is 235 g/mol. The molecule has 0 N–H and O–H groups in total. The summed E-state index contributed by atoms with van der Waals surface area (Å²) >= 11 is 0. The number of rotatable bonds is 3. The third kappa shape index (κ3) is 1.68. The summed E-state index contributed by atoms with van der Waals surface area (Å²) in [4.78, 5) is 23.8. The van der Waals surface area contributed by atoms with Gasteiger partial charge in [-0.15, -0.1) is 0 Å². The Morgan fingerprint density at radius 2 is 2.00 bits per heavy atom. The van der Waals surface area contributed by atoms with E-state index in [2.05, 4.69) is 0 Å². The number of carbonyl (C=O) groups excluding carboxylic acids is 2. The quantitative estimate of drug-likeness (QED) is 0.786. The minimum atomic E-state index is -0.264. The molecule has 5 heteroatoms. The van der Waals surface area contributed by atoms with Crippen LogP contribution in [0.3, 0.4) is 0 Å². The zero-order valence-corrected chi connectivity index (χ0v) is 9.94. The molecule has 1 aliphatic rings. The molecule has 0 radical (unpaired) electrons. The van der Waals surface area contributed by atoms with E-state index < -0.39 is 0 Å². The molecule has 0 saturated carbocycles. The first kappa shape index (κ1) is 11.6. The molecule has 1 aromatic heterocycles. The highest BCUT2D eigenvalue weighted by Crippen LogP contribution is 2.24. The Morgan fingerprint density at radius 1 is 1.29 bits per heavy atom. The van der Waals surface area contributed by atoms with E-state index in [-0.39, 0.29) is 17.3 Å². The van der Waals surface area contributed by atoms with Crippen LogP contribution in [0.4, 0.5) is 0 Å². The molecule has 0 saturated heterocycles. The molecule has 0 fully saturated rings. The molecule has 17 heavy (non-hydrogen) atoms. The number of ether oxygens (including phenoxy) is 2. The Bertz CT molecular complexity index is 525. The lowest BCUT2D eigenvalue weighted by atomic mass is 10.0. The summed E-state index contributed by atoms with van der Waals surface area (Å²) in [5.41, 5.74) is 1.55. The molecule has 5 nitrogen and oxygen atoms in total. The predicted octanol–water partition coefficient (Wildman–Crippen LogP) is 1.08. The SMILES string of the molecule is COCc1cc2c(n1C)C(=O)C=C(OC)C2=O. The second-order valence-electron chi connectivity index (χ2n) is 3.80. The van der Waals surface area contributed by atoms with Crippen LogP contribution < -0.4 is 0 Å². The summed E-state index contributed by atoms with van der Waals surface area (Å²) < 4.78 is 11.6. The van der Waals surface area contributed by atoms with Gasteiger partial charge in [0.05, 0.1) is 19.3 Å². The zero-order valence-electron chi connectivity index (χ0n) is 9.94. The van der Waals surface area contributed by atoms with Crippen LogP contribution >= 0.6 is 0 Å². The maximum Gasteiger partial charge on any atom is 0.229 e. The van der Waals surface area contributed by atoms with Gasteiger partial charge in [-0.3, -0.25) is 9.59 Å². The lowest BCUT2D eigenvalue weighted by Gasteiger charge is -2.12. The van der Waals surface area contributed by atoms with Crippen molar-refractivity contribution in [1.29, 1.82) is 0 Å². The van der Waals surface area contributed by atoms with Gasteiger partial charge in [-0.05, 0) is 6.07 Å². The summed E-state index contributed by atoms with van der Waals surface area (Å²) in [6.45, 7) is 0.354. The van der Waals surface area contributed by atoms with Gasteiger partial charge in [-0.25, -0.2) is 0 Å². The molecule has 90 valence electrons. The third-order valence-corrected chi connectivity index (χ3v) is 2.81. The summed E-state index contributed by atoms with van der Waals surface area (Å²) in [7, 11) is 4.68. The molecule has 0 atom stereocenters. The van der Waals surface area contributed by atoms with Gasteiger partial charge in [-0.2, -0.15) is 0 Å². The van der Waals surface area contributed by atoms with Crippen molar-refractivity contribution in [2.45, 2.75) is 6.61 Å². The van der Waals surface area contributed by atoms with E-state index in [4.69, 9.17) is 9.47 Å². The maximum atomic E-state index is 12.0. The van der Waals surface area contributed by atoms with E-state index in [0.717, 1.165) is 5.69 Å². The Kier molecular flexibility index (Phi) is 2.85. The van der Waals surface area contributed by atoms with Gasteiger partial charge in [-0.1, -0.05) is 0 Å². The van der Waals surface area contributed by atoms with Crippen molar-refractivity contribution in [3.8, 4) is 0 Å². The molecular formula is C12H13NO4. The molecule has 0 spiro atoms. The van der Waals surface area contributed by atoms with Crippen LogP contribution in [0.2, 0.25) is 0 Å². The van der Waals surface area contributed by atoms with E-state index in [1.807, 2.05) is 0 Å². The molecule has 2 rings (SSSR count). The van der Waals surface area contributed by atoms with Crippen LogP contribution in [-0.2, 0) is 23.1 Å². The second-order valence-corrected chi connectivity index (χ2v) is 3.80. The lowest BCUT2D eigenvalue weighted by Crippen LogP contribution is -2.19. The van der Waals surface area contributed by atoms with Crippen molar-refractivity contribution in [2.75, 3.05) is 14.2 Å². The molecule has 0 unspecified atom stereocenters. The van der Waals surface area contributed by atoms with Crippen molar-refractivity contribution in [3.05, 3.63) is 34.9 Å². The van der Waals surface area contributed by atoms with Gasteiger partial charge in [0.25, 0.3) is 0 Å². The van der Waals surface area contributed by atoms with E-state index in [1.165, 1.54) is 13.2 Å². The Morgan fingerprint density at radius 3 is 2.59 bits per heavy atom. The van der Waals surface area contributed by atoms with E-state index in [9.17, 15) is 9.59 Å². The van der Waals surface area contributed by atoms with Gasteiger partial charge in [0.15, 0.2) is 5.76 Å². The van der Waals surface area contributed by atoms with Gasteiger partial charge in [0.2, 0.25) is 11.6 Å². The smallest absolute Gasteiger partial charge is 0.229 e. The van der Waals surface area contributed by atoms with Crippen LogP contribution in [0.1, 0.15) is 26.5 Å². The first-order chi connectivity index (χ1) is 8.10. The molecule has 1 heterocycles. The van der Waals surface area contributed by atoms with Crippen LogP contribution in [0, 0.1) is 0 Å². The Balaban J connectivity index is 2.55. The minimum Gasteiger partial charge on any atom is -0.492 e. The van der Waals surface area contributed by atoms with Crippen LogP contribution in [0.5, 0.6) is 0 Å². The van der Waals surface area contributed by atoms with Gasteiger partial charge >= 0.3 is 0 Å². The van der Waals surface area contributed by atoms with Crippen molar-refractivity contribution in [3.63, 3.8) is 0 Å². The van der Waals surface area contributed by atoms with E-state index in [1.54, 1.807) is 24.8 Å². The first-order valence-electron chi connectivity index (χ1n) is 5.12. The van der Waals surface area contributed by atoms with E-state index >= 15 is 0 Å². The monoisotopic (exact) mass is 235 g/mol. The van der Waals surface area contributed by atoms with Gasteiger partial charge in [0.1, 0.15) is 5.69 Å². The van der Waals surface area contributed by atoms with Crippen molar-refractivity contribution < 1.29 is 19.1 Å². The number of Topliss-reactive ketones (excluding diaryl/α,β-unsaturated/α-hetero) is 1. The minimum absolute atomic E-state index is 0.0806. The highest BCUT2D eigenvalue weighted by Gasteiger charge is 2.30. The Labute approximate surface area is 98.6 Å². The standard InChI is InChI=1S/C12H13NO4/c1-13-7(6-16-2)4-8-11(13)9(14)5-10(17-3)12(8)15/h4-5H,6H2,1-3H3. The Hall–Kier alpha value is -1.88. The number of nitrogens with zero attached hydrogens (tertiary/aromatic N) is 1.